The summed E-state index contributed by atoms with van der Waals surface area (Å²) in [5.74, 6) is 4.05. The average Bonchev–Trinajstić information content (AvgIpc) is 2.91. The van der Waals surface area contributed by atoms with Crippen LogP contribution in [0.5, 0.6) is 0 Å². The highest BCUT2D eigenvalue weighted by Crippen LogP contribution is 2.56. The van der Waals surface area contributed by atoms with Crippen LogP contribution < -0.4 is 5.32 Å². The molecule has 1 aliphatic heterocycles. The first-order valence-corrected chi connectivity index (χ1v) is 9.51. The van der Waals surface area contributed by atoms with Gasteiger partial charge in [0.15, 0.2) is 0 Å². The van der Waals surface area contributed by atoms with Crippen LogP contribution in [-0.2, 0) is 4.74 Å². The molecule has 4 aliphatic rings. The third-order valence-electron chi connectivity index (χ3n) is 6.97. The maximum Gasteiger partial charge on any atom is 0.0672 e. The van der Waals surface area contributed by atoms with Crippen LogP contribution in [0.2, 0.25) is 0 Å². The number of fused-ring (bicyclic) bond motifs is 2. The molecule has 0 spiro atoms. The Morgan fingerprint density at radius 2 is 1.90 bits per heavy atom. The van der Waals surface area contributed by atoms with Gasteiger partial charge in [-0.2, -0.15) is 0 Å². The van der Waals surface area contributed by atoms with E-state index in [9.17, 15) is 0 Å². The van der Waals surface area contributed by atoms with E-state index < -0.39 is 0 Å². The number of hydrogen-bond acceptors (Lipinski definition) is 2. The maximum atomic E-state index is 6.28. The standard InChI is InChI=1S/C19H33NO/c1-13(2)20-12-19(7-8-21-18(19)15-5-6-15)11-17-10-14-3-4-16(17)9-14/h13-18,20H,3-12H2,1-2H3. The first-order valence-electron chi connectivity index (χ1n) is 9.51. The Balaban J connectivity index is 1.49. The first kappa shape index (κ1) is 14.5. The van der Waals surface area contributed by atoms with Gasteiger partial charge in [-0.25, -0.2) is 0 Å². The van der Waals surface area contributed by atoms with E-state index in [1.807, 2.05) is 0 Å². The van der Waals surface area contributed by atoms with Gasteiger partial charge in [-0.15, -0.1) is 0 Å². The van der Waals surface area contributed by atoms with Gasteiger partial charge in [0.1, 0.15) is 0 Å². The van der Waals surface area contributed by atoms with Gasteiger partial charge in [0, 0.05) is 24.6 Å². The fraction of sp³-hybridized carbons (Fsp3) is 1.00. The molecule has 5 atom stereocenters. The quantitative estimate of drug-likeness (QED) is 0.799. The van der Waals surface area contributed by atoms with E-state index in [4.69, 9.17) is 4.74 Å². The lowest BCUT2D eigenvalue weighted by Gasteiger charge is -2.39. The van der Waals surface area contributed by atoms with E-state index in [1.54, 1.807) is 6.42 Å². The third kappa shape index (κ3) is 2.79. The Bertz CT molecular complexity index is 378. The molecule has 1 saturated heterocycles. The minimum absolute atomic E-state index is 0.459. The van der Waals surface area contributed by atoms with Gasteiger partial charge >= 0.3 is 0 Å². The number of ether oxygens (including phenoxy) is 1. The largest absolute Gasteiger partial charge is 0.377 e. The van der Waals surface area contributed by atoms with E-state index in [-0.39, 0.29) is 0 Å². The molecule has 0 amide bonds. The number of rotatable bonds is 6. The lowest BCUT2D eigenvalue weighted by atomic mass is 9.69. The molecule has 4 rings (SSSR count). The molecule has 3 saturated carbocycles. The molecular weight excluding hydrogens is 258 g/mol. The van der Waals surface area contributed by atoms with Crippen LogP contribution in [0, 0.1) is 29.1 Å². The molecule has 120 valence electrons. The zero-order chi connectivity index (χ0) is 14.4. The summed E-state index contributed by atoms with van der Waals surface area (Å²) < 4.78 is 6.28. The molecule has 2 bridgehead atoms. The zero-order valence-electron chi connectivity index (χ0n) is 13.9. The summed E-state index contributed by atoms with van der Waals surface area (Å²) >= 11 is 0. The molecule has 0 aromatic rings. The molecule has 0 aromatic heterocycles. The van der Waals surface area contributed by atoms with Crippen molar-refractivity contribution in [2.75, 3.05) is 13.2 Å². The van der Waals surface area contributed by atoms with Crippen LogP contribution in [0.15, 0.2) is 0 Å². The van der Waals surface area contributed by atoms with Gasteiger partial charge in [-0.1, -0.05) is 20.3 Å². The third-order valence-corrected chi connectivity index (χ3v) is 6.97. The van der Waals surface area contributed by atoms with Gasteiger partial charge in [-0.05, 0) is 68.6 Å². The fourth-order valence-corrected chi connectivity index (χ4v) is 5.78. The summed E-state index contributed by atoms with van der Waals surface area (Å²) in [6, 6.07) is 0.599. The molecule has 1 N–H and O–H groups in total. The molecule has 21 heavy (non-hydrogen) atoms. The molecule has 1 heterocycles. The van der Waals surface area contributed by atoms with Crippen molar-refractivity contribution >= 4 is 0 Å². The normalized spacial score (nSPS) is 45.9. The second kappa shape index (κ2) is 5.53. The number of hydrogen-bond donors (Lipinski definition) is 1. The van der Waals surface area contributed by atoms with Crippen molar-refractivity contribution in [2.45, 2.75) is 77.4 Å². The van der Waals surface area contributed by atoms with E-state index >= 15 is 0 Å². The van der Waals surface area contributed by atoms with Gasteiger partial charge in [-0.3, -0.25) is 0 Å². The summed E-state index contributed by atoms with van der Waals surface area (Å²) in [6.07, 6.45) is 12.3. The molecule has 4 fully saturated rings. The molecule has 2 heteroatoms. The smallest absolute Gasteiger partial charge is 0.0672 e. The molecular formula is C19H33NO. The summed E-state index contributed by atoms with van der Waals surface area (Å²) in [7, 11) is 0. The van der Waals surface area contributed by atoms with Crippen molar-refractivity contribution in [3.63, 3.8) is 0 Å². The second-order valence-electron chi connectivity index (χ2n) is 8.92. The Morgan fingerprint density at radius 1 is 1.10 bits per heavy atom. The lowest BCUT2D eigenvalue weighted by molar-refractivity contribution is 0.0129. The Morgan fingerprint density at radius 3 is 2.52 bits per heavy atom. The molecule has 0 radical (unpaired) electrons. The summed E-state index contributed by atoms with van der Waals surface area (Å²) in [6.45, 7) is 6.78. The van der Waals surface area contributed by atoms with Crippen molar-refractivity contribution in [3.05, 3.63) is 0 Å². The second-order valence-corrected chi connectivity index (χ2v) is 8.92. The SMILES string of the molecule is CC(C)NCC1(CC2CC3CCC2C3)CCOC1C1CC1. The lowest BCUT2D eigenvalue weighted by Crippen LogP contribution is -2.45. The minimum Gasteiger partial charge on any atom is -0.377 e. The van der Waals surface area contributed by atoms with Crippen LogP contribution in [0.25, 0.3) is 0 Å². The van der Waals surface area contributed by atoms with E-state index in [1.165, 1.54) is 51.5 Å². The Labute approximate surface area is 130 Å². The van der Waals surface area contributed by atoms with E-state index in [0.717, 1.165) is 30.3 Å². The molecule has 5 unspecified atom stereocenters. The number of nitrogens with one attached hydrogen (secondary N) is 1. The van der Waals surface area contributed by atoms with Crippen LogP contribution in [0.4, 0.5) is 0 Å². The van der Waals surface area contributed by atoms with Gasteiger partial charge in [0.2, 0.25) is 0 Å². The topological polar surface area (TPSA) is 21.3 Å². The first-order chi connectivity index (χ1) is 10.2. The zero-order valence-corrected chi connectivity index (χ0v) is 13.9. The van der Waals surface area contributed by atoms with E-state index in [0.29, 0.717) is 17.6 Å². The van der Waals surface area contributed by atoms with Crippen LogP contribution >= 0.6 is 0 Å². The molecule has 2 nitrogen and oxygen atoms in total. The van der Waals surface area contributed by atoms with Crippen molar-refractivity contribution in [1.29, 1.82) is 0 Å². The predicted molar refractivity (Wildman–Crippen MR) is 86.2 cm³/mol. The monoisotopic (exact) mass is 291 g/mol. The van der Waals surface area contributed by atoms with Gasteiger partial charge < -0.3 is 10.1 Å². The summed E-state index contributed by atoms with van der Waals surface area (Å²) in [4.78, 5) is 0. The highest BCUT2D eigenvalue weighted by Gasteiger charge is 2.53. The highest BCUT2D eigenvalue weighted by atomic mass is 16.5. The van der Waals surface area contributed by atoms with Crippen molar-refractivity contribution < 1.29 is 4.74 Å². The maximum absolute atomic E-state index is 6.28. The minimum atomic E-state index is 0.459. The van der Waals surface area contributed by atoms with Crippen LogP contribution in [-0.4, -0.2) is 25.3 Å². The van der Waals surface area contributed by atoms with E-state index in [2.05, 4.69) is 19.2 Å². The highest BCUT2D eigenvalue weighted by molar-refractivity contribution is 5.04. The van der Waals surface area contributed by atoms with Crippen molar-refractivity contribution in [2.24, 2.45) is 29.1 Å². The molecule has 0 aromatic carbocycles. The van der Waals surface area contributed by atoms with Crippen LogP contribution in [0.1, 0.15) is 65.2 Å². The fourth-order valence-electron chi connectivity index (χ4n) is 5.78. The van der Waals surface area contributed by atoms with Crippen molar-refractivity contribution in [3.8, 4) is 0 Å². The Kier molecular flexibility index (Phi) is 3.82. The average molecular weight is 291 g/mol. The molecule has 3 aliphatic carbocycles. The summed E-state index contributed by atoms with van der Waals surface area (Å²) in [5, 5.41) is 3.78. The summed E-state index contributed by atoms with van der Waals surface area (Å²) in [5.41, 5.74) is 0.459. The predicted octanol–water partition coefficient (Wildman–Crippen LogP) is 4.00. The Hall–Kier alpha value is -0.0800. The van der Waals surface area contributed by atoms with Gasteiger partial charge in [0.25, 0.3) is 0 Å². The van der Waals surface area contributed by atoms with Crippen LogP contribution in [0.3, 0.4) is 0 Å². The van der Waals surface area contributed by atoms with Gasteiger partial charge in [0.05, 0.1) is 6.10 Å². The van der Waals surface area contributed by atoms with Crippen molar-refractivity contribution in [1.82, 2.24) is 5.32 Å².